The van der Waals surface area contributed by atoms with Gasteiger partial charge in [-0.1, -0.05) is 12.1 Å². The summed E-state index contributed by atoms with van der Waals surface area (Å²) in [6.07, 6.45) is -0.344. The number of H-pyrrole nitrogens is 1. The van der Waals surface area contributed by atoms with Crippen LogP contribution in [-0.4, -0.2) is 65.3 Å². The van der Waals surface area contributed by atoms with Crippen molar-refractivity contribution in [3.63, 3.8) is 0 Å². The van der Waals surface area contributed by atoms with E-state index in [0.717, 1.165) is 33.2 Å². The minimum atomic E-state index is -0.539. The number of amides is 2. The Morgan fingerprint density at radius 1 is 1.14 bits per heavy atom. The minimum absolute atomic E-state index is 0.0348. The van der Waals surface area contributed by atoms with Crippen molar-refractivity contribution in [2.24, 2.45) is 5.73 Å². The highest BCUT2D eigenvalue weighted by Gasteiger charge is 2.25. The molecule has 4 N–H and O–H groups in total. The molecule has 1 aliphatic rings. The summed E-state index contributed by atoms with van der Waals surface area (Å²) in [4.78, 5) is 30.7. The topological polar surface area (TPSA) is 118 Å². The molecule has 0 saturated carbocycles. The number of aliphatic hydroxyl groups is 1. The Hall–Kier alpha value is -3.88. The normalized spacial score (nSPS) is 16.1. The van der Waals surface area contributed by atoms with Crippen LogP contribution in [0.25, 0.3) is 32.9 Å². The highest BCUT2D eigenvalue weighted by atomic mass is 16.5. The average Bonchev–Trinajstić information content (AvgIpc) is 3.25. The summed E-state index contributed by atoms with van der Waals surface area (Å²) < 4.78 is 11.3. The zero-order valence-electron chi connectivity index (χ0n) is 20.3. The van der Waals surface area contributed by atoms with Gasteiger partial charge in [-0.15, -0.1) is 0 Å². The number of aromatic nitrogens is 1. The van der Waals surface area contributed by atoms with Gasteiger partial charge in [0.05, 0.1) is 36.5 Å². The van der Waals surface area contributed by atoms with Crippen LogP contribution in [0, 0.1) is 0 Å². The Morgan fingerprint density at radius 3 is 2.72 bits per heavy atom. The molecule has 3 aromatic carbocycles. The molecule has 1 fully saturated rings. The van der Waals surface area contributed by atoms with E-state index in [1.165, 1.54) is 0 Å². The molecule has 1 unspecified atom stereocenters. The predicted octanol–water partition coefficient (Wildman–Crippen LogP) is 3.71. The van der Waals surface area contributed by atoms with Crippen molar-refractivity contribution in [1.29, 1.82) is 0 Å². The third kappa shape index (κ3) is 4.53. The number of hydrogen-bond donors (Lipinski definition) is 3. The van der Waals surface area contributed by atoms with E-state index < -0.39 is 5.91 Å². The fourth-order valence-corrected chi connectivity index (χ4v) is 4.71. The Morgan fingerprint density at radius 2 is 1.97 bits per heavy atom. The standard InChI is InChI=1S/C28H29N3O5/c1-16(2)36-20-5-3-4-17(10-20)19-12-23-22-11-18(28(34)31-8-9-35-21(14-31)15-32)6-7-25(22)30-26(23)24(13-19)27(29)33/h3-7,10-13,16,21,30,32H,8-9,14-15H2,1-2H3,(H2,29,33). The van der Waals surface area contributed by atoms with Crippen molar-refractivity contribution in [3.8, 4) is 16.9 Å². The number of aromatic amines is 1. The number of benzene rings is 3. The SMILES string of the molecule is CC(C)Oc1cccc(-c2cc(C(N)=O)c3[nH]c4ccc(C(=O)N5CCOC(CO)C5)cc4c3c2)c1. The molecule has 1 aromatic heterocycles. The highest BCUT2D eigenvalue weighted by molar-refractivity contribution is 6.17. The fraction of sp³-hybridized carbons (Fsp3) is 0.286. The summed E-state index contributed by atoms with van der Waals surface area (Å²) >= 11 is 0. The maximum atomic E-state index is 13.2. The van der Waals surface area contributed by atoms with Crippen molar-refractivity contribution in [2.45, 2.75) is 26.1 Å². The van der Waals surface area contributed by atoms with Crippen molar-refractivity contribution in [3.05, 3.63) is 65.7 Å². The van der Waals surface area contributed by atoms with E-state index in [9.17, 15) is 14.7 Å². The van der Waals surface area contributed by atoms with Crippen LogP contribution in [-0.2, 0) is 4.74 Å². The van der Waals surface area contributed by atoms with Gasteiger partial charge in [0.1, 0.15) is 5.75 Å². The third-order valence-corrected chi connectivity index (χ3v) is 6.39. The molecule has 1 aliphatic heterocycles. The Kier molecular flexibility index (Phi) is 6.38. The molecule has 2 heterocycles. The number of nitrogens with one attached hydrogen (secondary N) is 1. The molecule has 5 rings (SSSR count). The molecular formula is C28H29N3O5. The number of rotatable bonds is 6. The number of nitrogens with two attached hydrogens (primary N) is 1. The monoisotopic (exact) mass is 487 g/mol. The number of ether oxygens (including phenoxy) is 2. The van der Waals surface area contributed by atoms with E-state index >= 15 is 0 Å². The molecular weight excluding hydrogens is 458 g/mol. The molecule has 0 spiro atoms. The van der Waals surface area contributed by atoms with Crippen LogP contribution >= 0.6 is 0 Å². The fourth-order valence-electron chi connectivity index (χ4n) is 4.71. The van der Waals surface area contributed by atoms with Crippen molar-refractivity contribution in [1.82, 2.24) is 9.88 Å². The second-order valence-electron chi connectivity index (χ2n) is 9.32. The molecule has 0 radical (unpaired) electrons. The zero-order valence-corrected chi connectivity index (χ0v) is 20.3. The maximum Gasteiger partial charge on any atom is 0.254 e. The number of morpholine rings is 1. The summed E-state index contributed by atoms with van der Waals surface area (Å²) in [5.41, 5.74) is 9.82. The molecule has 8 nitrogen and oxygen atoms in total. The van der Waals surface area contributed by atoms with Crippen LogP contribution in [0.5, 0.6) is 5.75 Å². The smallest absolute Gasteiger partial charge is 0.254 e. The zero-order chi connectivity index (χ0) is 25.4. The summed E-state index contributed by atoms with van der Waals surface area (Å²) in [6, 6.07) is 16.9. The Balaban J connectivity index is 1.61. The summed E-state index contributed by atoms with van der Waals surface area (Å²) in [7, 11) is 0. The van der Waals surface area contributed by atoms with Crippen molar-refractivity contribution >= 4 is 33.6 Å². The van der Waals surface area contributed by atoms with Crippen LogP contribution < -0.4 is 10.5 Å². The summed E-state index contributed by atoms with van der Waals surface area (Å²) in [6.45, 7) is 4.99. The lowest BCUT2D eigenvalue weighted by Crippen LogP contribution is -2.46. The third-order valence-electron chi connectivity index (χ3n) is 6.39. The van der Waals surface area contributed by atoms with Crippen LogP contribution in [0.15, 0.2) is 54.6 Å². The largest absolute Gasteiger partial charge is 0.491 e. The Labute approximate surface area is 208 Å². The van der Waals surface area contributed by atoms with Gasteiger partial charge < -0.3 is 30.2 Å². The van der Waals surface area contributed by atoms with E-state index in [-0.39, 0.29) is 24.7 Å². The summed E-state index contributed by atoms with van der Waals surface area (Å²) in [5, 5.41) is 11.1. The molecule has 1 saturated heterocycles. The number of nitrogens with zero attached hydrogens (tertiary/aromatic N) is 1. The van der Waals surface area contributed by atoms with Crippen LogP contribution in [0.4, 0.5) is 0 Å². The van der Waals surface area contributed by atoms with E-state index in [1.54, 1.807) is 17.0 Å². The second-order valence-corrected chi connectivity index (χ2v) is 9.32. The molecule has 2 amide bonds. The average molecular weight is 488 g/mol. The number of fused-ring (bicyclic) bond motifs is 3. The van der Waals surface area contributed by atoms with Crippen LogP contribution in [0.2, 0.25) is 0 Å². The first-order valence-corrected chi connectivity index (χ1v) is 12.0. The van der Waals surface area contributed by atoms with E-state index in [0.29, 0.717) is 36.3 Å². The molecule has 186 valence electrons. The van der Waals surface area contributed by atoms with Crippen molar-refractivity contribution < 1.29 is 24.2 Å². The lowest BCUT2D eigenvalue weighted by atomic mass is 9.98. The number of aliphatic hydroxyl groups excluding tert-OH is 1. The predicted molar refractivity (Wildman–Crippen MR) is 138 cm³/mol. The van der Waals surface area contributed by atoms with Gasteiger partial charge >= 0.3 is 0 Å². The van der Waals surface area contributed by atoms with Crippen molar-refractivity contribution in [2.75, 3.05) is 26.3 Å². The van der Waals surface area contributed by atoms with Gasteiger partial charge in [-0.05, 0) is 67.4 Å². The van der Waals surface area contributed by atoms with Gasteiger partial charge in [0.25, 0.3) is 11.8 Å². The molecule has 36 heavy (non-hydrogen) atoms. The van der Waals surface area contributed by atoms with E-state index in [2.05, 4.69) is 4.98 Å². The summed E-state index contributed by atoms with van der Waals surface area (Å²) in [5.74, 6) is 0.0715. The van der Waals surface area contributed by atoms with Gasteiger partial charge in [-0.3, -0.25) is 9.59 Å². The number of carbonyl (C=O) groups is 2. The molecule has 0 bridgehead atoms. The molecule has 0 aliphatic carbocycles. The minimum Gasteiger partial charge on any atom is -0.491 e. The van der Waals surface area contributed by atoms with Gasteiger partial charge in [-0.2, -0.15) is 0 Å². The van der Waals surface area contributed by atoms with Crippen LogP contribution in [0.3, 0.4) is 0 Å². The van der Waals surface area contributed by atoms with Gasteiger partial charge in [0.15, 0.2) is 0 Å². The number of carbonyl (C=O) groups excluding carboxylic acids is 2. The lowest BCUT2D eigenvalue weighted by Gasteiger charge is -2.32. The number of hydrogen-bond acceptors (Lipinski definition) is 5. The highest BCUT2D eigenvalue weighted by Crippen LogP contribution is 2.34. The van der Waals surface area contributed by atoms with Gasteiger partial charge in [0.2, 0.25) is 0 Å². The second kappa shape index (κ2) is 9.64. The lowest BCUT2D eigenvalue weighted by molar-refractivity contribution is -0.0447. The first kappa shape index (κ1) is 23.8. The van der Waals surface area contributed by atoms with Gasteiger partial charge in [0, 0.05) is 34.9 Å². The quantitative estimate of drug-likeness (QED) is 0.383. The number of primary amides is 1. The van der Waals surface area contributed by atoms with E-state index in [1.807, 2.05) is 56.3 Å². The van der Waals surface area contributed by atoms with Crippen LogP contribution in [0.1, 0.15) is 34.6 Å². The van der Waals surface area contributed by atoms with Gasteiger partial charge in [-0.25, -0.2) is 0 Å². The molecule has 4 aromatic rings. The Bertz CT molecular complexity index is 1460. The molecule has 1 atom stereocenters. The maximum absolute atomic E-state index is 13.2. The molecule has 8 heteroatoms. The van der Waals surface area contributed by atoms with E-state index in [4.69, 9.17) is 15.2 Å². The first-order valence-electron chi connectivity index (χ1n) is 12.0. The first-order chi connectivity index (χ1) is 17.3.